The molecule has 0 heterocycles. The van der Waals surface area contributed by atoms with Crippen LogP contribution in [0.15, 0.2) is 24.3 Å². The Hall–Kier alpha value is -0.400. The lowest BCUT2D eigenvalue weighted by atomic mass is 10.2. The molecule has 0 saturated carbocycles. The van der Waals surface area contributed by atoms with Crippen molar-refractivity contribution in [3.05, 3.63) is 29.8 Å². The minimum atomic E-state index is 0.557. The van der Waals surface area contributed by atoms with E-state index in [2.05, 4.69) is 0 Å². The first-order valence-electron chi connectivity index (χ1n) is 3.65. The van der Waals surface area contributed by atoms with Crippen molar-refractivity contribution in [3.8, 4) is 0 Å². The third-order valence-electron chi connectivity index (χ3n) is 1.26. The van der Waals surface area contributed by atoms with E-state index in [1.54, 1.807) is 0 Å². The van der Waals surface area contributed by atoms with Gasteiger partial charge in [-0.3, -0.25) is 0 Å². The fourth-order valence-electron chi connectivity index (χ4n) is 0.587. The van der Waals surface area contributed by atoms with E-state index in [0.717, 1.165) is 11.3 Å². The summed E-state index contributed by atoms with van der Waals surface area (Å²) in [5, 5.41) is 0. The van der Waals surface area contributed by atoms with E-state index in [4.69, 9.17) is 28.9 Å². The van der Waals surface area contributed by atoms with Crippen molar-refractivity contribution < 1.29 is 0 Å². The largest absolute Gasteiger partial charge is 0.399 e. The van der Waals surface area contributed by atoms with Gasteiger partial charge in [0.05, 0.1) is 0 Å². The molecule has 12 heavy (non-hydrogen) atoms. The van der Waals surface area contributed by atoms with Gasteiger partial charge < -0.3 is 5.73 Å². The van der Waals surface area contributed by atoms with Gasteiger partial charge in [-0.05, 0) is 18.6 Å². The number of benzene rings is 1. The van der Waals surface area contributed by atoms with Crippen molar-refractivity contribution in [3.63, 3.8) is 0 Å². The number of rotatable bonds is 1. The smallest absolute Gasteiger partial charge is 0.0359 e. The van der Waals surface area contributed by atoms with Gasteiger partial charge in [0.1, 0.15) is 0 Å². The molecule has 0 aliphatic heterocycles. The van der Waals surface area contributed by atoms with Crippen LogP contribution in [0.2, 0.25) is 0 Å². The van der Waals surface area contributed by atoms with Crippen molar-refractivity contribution in [2.75, 3.05) is 17.5 Å². The number of anilines is 1. The van der Waals surface area contributed by atoms with E-state index in [9.17, 15) is 0 Å². The Kier molecular flexibility index (Phi) is 7.02. The fraction of sp³-hybridized carbons (Fsp3) is 0.333. The van der Waals surface area contributed by atoms with Crippen LogP contribution in [0.3, 0.4) is 0 Å². The number of hydrogen-bond donors (Lipinski definition) is 1. The summed E-state index contributed by atoms with van der Waals surface area (Å²) in [6.07, 6.45) is 0. The fourth-order valence-corrected chi connectivity index (χ4v) is 0.587. The molecule has 0 fully saturated rings. The highest BCUT2D eigenvalue weighted by Gasteiger charge is 1.84. The molecule has 0 radical (unpaired) electrons. The van der Waals surface area contributed by atoms with Crippen LogP contribution < -0.4 is 5.73 Å². The van der Waals surface area contributed by atoms with E-state index in [1.807, 2.05) is 31.2 Å². The summed E-state index contributed by atoms with van der Waals surface area (Å²) in [5.74, 6) is 1.11. The van der Waals surface area contributed by atoms with Gasteiger partial charge in [-0.1, -0.05) is 18.2 Å². The molecule has 0 saturated heterocycles. The zero-order valence-electron chi connectivity index (χ0n) is 7.06. The zero-order valence-corrected chi connectivity index (χ0v) is 8.57. The highest BCUT2D eigenvalue weighted by molar-refractivity contribution is 6.25. The van der Waals surface area contributed by atoms with Crippen LogP contribution >= 0.6 is 23.2 Å². The Morgan fingerprint density at radius 2 is 1.67 bits per heavy atom. The molecule has 1 rings (SSSR count). The van der Waals surface area contributed by atoms with Crippen LogP contribution in [0.1, 0.15) is 5.56 Å². The van der Waals surface area contributed by atoms with E-state index >= 15 is 0 Å². The van der Waals surface area contributed by atoms with Crippen LogP contribution in [-0.2, 0) is 0 Å². The number of nitrogen functional groups attached to an aromatic ring is 1. The molecule has 1 aromatic rings. The van der Waals surface area contributed by atoms with Crippen LogP contribution in [0.4, 0.5) is 5.69 Å². The quantitative estimate of drug-likeness (QED) is 0.554. The molecule has 68 valence electrons. The molecule has 0 unspecified atom stereocenters. The maximum absolute atomic E-state index is 5.52. The van der Waals surface area contributed by atoms with Gasteiger partial charge in [0.25, 0.3) is 0 Å². The van der Waals surface area contributed by atoms with Crippen LogP contribution in [0, 0.1) is 6.92 Å². The molecule has 0 aromatic heterocycles. The predicted molar refractivity (Wildman–Crippen MR) is 57.0 cm³/mol. The average Bonchev–Trinajstić information content (AvgIpc) is 2.11. The maximum Gasteiger partial charge on any atom is 0.0359 e. The lowest BCUT2D eigenvalue weighted by molar-refractivity contribution is 1.47. The SMILES string of the molecule is Cc1ccccc1N.ClCCCl. The van der Waals surface area contributed by atoms with E-state index < -0.39 is 0 Å². The molecule has 0 spiro atoms. The summed E-state index contributed by atoms with van der Waals surface area (Å²) in [5.41, 5.74) is 7.53. The first kappa shape index (κ1) is 11.6. The number of nitrogens with two attached hydrogens (primary N) is 1. The van der Waals surface area contributed by atoms with Gasteiger partial charge in [-0.2, -0.15) is 0 Å². The van der Waals surface area contributed by atoms with Gasteiger partial charge in [0.15, 0.2) is 0 Å². The Morgan fingerprint density at radius 3 is 1.92 bits per heavy atom. The Morgan fingerprint density at radius 1 is 1.17 bits per heavy atom. The first-order chi connectivity index (χ1) is 5.72. The molecule has 0 bridgehead atoms. The molecule has 0 aliphatic rings. The van der Waals surface area contributed by atoms with Crippen molar-refractivity contribution in [1.82, 2.24) is 0 Å². The van der Waals surface area contributed by atoms with Gasteiger partial charge in [-0.25, -0.2) is 0 Å². The van der Waals surface area contributed by atoms with Crippen LogP contribution in [0.5, 0.6) is 0 Å². The number of hydrogen-bond acceptors (Lipinski definition) is 1. The molecule has 1 aromatic carbocycles. The molecule has 0 aliphatic carbocycles. The number of para-hydroxylation sites is 1. The van der Waals surface area contributed by atoms with Gasteiger partial charge in [0, 0.05) is 17.4 Å². The van der Waals surface area contributed by atoms with Gasteiger partial charge in [0.2, 0.25) is 0 Å². The maximum atomic E-state index is 5.52. The summed E-state index contributed by atoms with van der Waals surface area (Å²) in [6.45, 7) is 2.00. The van der Waals surface area contributed by atoms with Crippen LogP contribution in [0.25, 0.3) is 0 Å². The molecule has 0 atom stereocenters. The van der Waals surface area contributed by atoms with Crippen molar-refractivity contribution in [2.24, 2.45) is 0 Å². The summed E-state index contributed by atoms with van der Waals surface area (Å²) in [6, 6.07) is 7.80. The molecular weight excluding hydrogens is 193 g/mol. The molecule has 3 heteroatoms. The second-order valence-electron chi connectivity index (χ2n) is 2.23. The first-order valence-corrected chi connectivity index (χ1v) is 4.72. The van der Waals surface area contributed by atoms with Crippen molar-refractivity contribution in [1.29, 1.82) is 0 Å². The summed E-state index contributed by atoms with van der Waals surface area (Å²) < 4.78 is 0. The Bertz CT molecular complexity index is 190. The number of aryl methyl sites for hydroxylation is 1. The zero-order chi connectivity index (χ0) is 9.40. The van der Waals surface area contributed by atoms with Crippen LogP contribution in [-0.4, -0.2) is 11.8 Å². The number of halogens is 2. The topological polar surface area (TPSA) is 26.0 Å². The van der Waals surface area contributed by atoms with Gasteiger partial charge in [-0.15, -0.1) is 23.2 Å². The average molecular weight is 206 g/mol. The third-order valence-corrected chi connectivity index (χ3v) is 1.83. The van der Waals surface area contributed by atoms with E-state index in [0.29, 0.717) is 11.8 Å². The summed E-state index contributed by atoms with van der Waals surface area (Å²) in [7, 11) is 0. The van der Waals surface area contributed by atoms with E-state index in [-0.39, 0.29) is 0 Å². The highest BCUT2D eigenvalue weighted by Crippen LogP contribution is 2.06. The minimum Gasteiger partial charge on any atom is -0.399 e. The minimum absolute atomic E-state index is 0.557. The number of alkyl halides is 2. The third kappa shape index (κ3) is 5.28. The highest BCUT2D eigenvalue weighted by atomic mass is 35.5. The normalized spacial score (nSPS) is 8.58. The molecule has 1 nitrogen and oxygen atoms in total. The monoisotopic (exact) mass is 205 g/mol. The second-order valence-corrected chi connectivity index (χ2v) is 2.99. The van der Waals surface area contributed by atoms with Crippen molar-refractivity contribution in [2.45, 2.75) is 6.92 Å². The Balaban J connectivity index is 0.000000261. The van der Waals surface area contributed by atoms with Gasteiger partial charge >= 0.3 is 0 Å². The summed E-state index contributed by atoms with van der Waals surface area (Å²) in [4.78, 5) is 0. The lowest BCUT2D eigenvalue weighted by Crippen LogP contribution is -1.85. The van der Waals surface area contributed by atoms with E-state index in [1.165, 1.54) is 0 Å². The summed E-state index contributed by atoms with van der Waals surface area (Å²) >= 11 is 10.1. The van der Waals surface area contributed by atoms with Crippen molar-refractivity contribution >= 4 is 28.9 Å². The predicted octanol–water partition coefficient (Wildman–Crippen LogP) is 3.04. The molecule has 2 N–H and O–H groups in total. The Labute approximate surface area is 83.5 Å². The molecule has 0 amide bonds. The standard InChI is InChI=1S/C7H9N.C2H4Cl2/c1-6-4-2-3-5-7(6)8;3-1-2-4/h2-5H,8H2,1H3;1-2H2. The molecular formula is C9H13Cl2N. The second kappa shape index (κ2) is 7.26. The lowest BCUT2D eigenvalue weighted by Gasteiger charge is -1.93.